The molecule has 0 radical (unpaired) electrons. The molecule has 1 aromatic rings. The van der Waals surface area contributed by atoms with Crippen molar-refractivity contribution in [3.8, 4) is 0 Å². The molecule has 1 heterocycles. The van der Waals surface area contributed by atoms with E-state index in [1.165, 1.54) is 16.6 Å². The maximum atomic E-state index is 12.3. The zero-order chi connectivity index (χ0) is 14.6. The van der Waals surface area contributed by atoms with Crippen LogP contribution in [0.3, 0.4) is 0 Å². The maximum Gasteiger partial charge on any atom is 0.244 e. The van der Waals surface area contributed by atoms with Crippen LogP contribution in [0.4, 0.5) is 5.82 Å². The number of hydrogen-bond donors (Lipinski definition) is 2. The van der Waals surface area contributed by atoms with Crippen molar-refractivity contribution in [3.63, 3.8) is 0 Å². The molecule has 8 heteroatoms. The third-order valence-corrected chi connectivity index (χ3v) is 4.79. The average Bonchev–Trinajstić information content (AvgIpc) is 2.35. The summed E-state index contributed by atoms with van der Waals surface area (Å²) < 4.78 is 25.8. The third-order valence-electron chi connectivity index (χ3n) is 2.68. The van der Waals surface area contributed by atoms with E-state index in [0.717, 1.165) is 6.42 Å². The van der Waals surface area contributed by atoms with E-state index in [1.54, 1.807) is 7.05 Å². The second-order valence-electron chi connectivity index (χ2n) is 4.65. The summed E-state index contributed by atoms with van der Waals surface area (Å²) in [4.78, 5) is 3.92. The molecule has 1 rings (SSSR count). The fraction of sp³-hybridized carbons (Fsp3) is 0.545. The van der Waals surface area contributed by atoms with Crippen LogP contribution in [0.15, 0.2) is 17.2 Å². The van der Waals surface area contributed by atoms with Crippen molar-refractivity contribution in [1.29, 1.82) is 0 Å². The lowest BCUT2D eigenvalue weighted by Crippen LogP contribution is -2.29. The Bertz CT molecular complexity index is 533. The lowest BCUT2D eigenvalue weighted by molar-refractivity contribution is 0.428. The second-order valence-corrected chi connectivity index (χ2v) is 7.11. The lowest BCUT2D eigenvalue weighted by Gasteiger charge is -2.18. The van der Waals surface area contributed by atoms with Crippen molar-refractivity contribution in [1.82, 2.24) is 9.29 Å². The Balaban J connectivity index is 2.96. The quantitative estimate of drug-likeness (QED) is 0.617. The third kappa shape index (κ3) is 4.04. The van der Waals surface area contributed by atoms with Crippen LogP contribution in [-0.4, -0.2) is 31.3 Å². The van der Waals surface area contributed by atoms with Crippen molar-refractivity contribution in [3.05, 3.63) is 17.3 Å². The summed E-state index contributed by atoms with van der Waals surface area (Å²) in [6.07, 6.45) is 2.03. The predicted molar refractivity (Wildman–Crippen MR) is 76.3 cm³/mol. The molecular weight excluding hydrogens is 288 g/mol. The Morgan fingerprint density at radius 2 is 2.16 bits per heavy atom. The van der Waals surface area contributed by atoms with Gasteiger partial charge in [-0.15, -0.1) is 0 Å². The number of nitrogens with one attached hydrogen (secondary N) is 1. The number of halogens is 1. The first kappa shape index (κ1) is 16.2. The molecule has 0 atom stereocenters. The van der Waals surface area contributed by atoms with Gasteiger partial charge in [-0.2, -0.15) is 0 Å². The van der Waals surface area contributed by atoms with Crippen LogP contribution < -0.4 is 11.3 Å². The summed E-state index contributed by atoms with van der Waals surface area (Å²) >= 11 is 5.88. The number of sulfonamides is 1. The van der Waals surface area contributed by atoms with Gasteiger partial charge in [0.1, 0.15) is 4.90 Å². The molecule has 108 valence electrons. The van der Waals surface area contributed by atoms with Gasteiger partial charge < -0.3 is 5.43 Å². The van der Waals surface area contributed by atoms with Gasteiger partial charge in [0, 0.05) is 19.8 Å². The maximum absolute atomic E-state index is 12.3. The summed E-state index contributed by atoms with van der Waals surface area (Å²) in [5.74, 6) is 5.87. The molecule has 0 unspecified atom stereocenters. The van der Waals surface area contributed by atoms with Crippen molar-refractivity contribution in [2.24, 2.45) is 11.8 Å². The smallest absolute Gasteiger partial charge is 0.244 e. The van der Waals surface area contributed by atoms with Gasteiger partial charge in [-0.05, 0) is 18.4 Å². The molecule has 0 aliphatic carbocycles. The number of nitrogens with two attached hydrogens (primary N) is 1. The average molecular weight is 307 g/mol. The molecule has 0 bridgehead atoms. The van der Waals surface area contributed by atoms with E-state index >= 15 is 0 Å². The molecular formula is C11H19ClN4O2S. The molecule has 19 heavy (non-hydrogen) atoms. The number of hydrazine groups is 1. The lowest BCUT2D eigenvalue weighted by atomic mass is 10.1. The van der Waals surface area contributed by atoms with Gasteiger partial charge in [0.05, 0.1) is 5.02 Å². The number of nitrogen functional groups attached to an aromatic ring is 1. The first-order chi connectivity index (χ1) is 8.78. The minimum Gasteiger partial charge on any atom is -0.307 e. The summed E-state index contributed by atoms with van der Waals surface area (Å²) in [7, 11) is -2.02. The highest BCUT2D eigenvalue weighted by Gasteiger charge is 2.22. The summed E-state index contributed by atoms with van der Waals surface area (Å²) in [6, 6.07) is 1.34. The number of anilines is 1. The molecule has 0 aliphatic rings. The number of hydrogen-bond acceptors (Lipinski definition) is 5. The largest absolute Gasteiger partial charge is 0.307 e. The molecule has 3 N–H and O–H groups in total. The normalized spacial score (nSPS) is 12.2. The SMILES string of the molecule is CC(C)CCN(C)S(=O)(=O)c1cnc(NN)c(Cl)c1. The number of nitrogens with zero attached hydrogens (tertiary/aromatic N) is 2. The number of aromatic nitrogens is 1. The Morgan fingerprint density at radius 3 is 2.63 bits per heavy atom. The molecule has 0 fully saturated rings. The highest BCUT2D eigenvalue weighted by molar-refractivity contribution is 7.89. The number of pyridine rings is 1. The monoisotopic (exact) mass is 306 g/mol. The van der Waals surface area contributed by atoms with Gasteiger partial charge in [-0.3, -0.25) is 0 Å². The van der Waals surface area contributed by atoms with E-state index in [-0.39, 0.29) is 15.7 Å². The van der Waals surface area contributed by atoms with Gasteiger partial charge in [0.25, 0.3) is 0 Å². The van der Waals surface area contributed by atoms with Crippen LogP contribution in [-0.2, 0) is 10.0 Å². The zero-order valence-electron chi connectivity index (χ0n) is 11.2. The van der Waals surface area contributed by atoms with Gasteiger partial charge in [0.2, 0.25) is 10.0 Å². The fourth-order valence-electron chi connectivity index (χ4n) is 1.41. The molecule has 1 aromatic heterocycles. The minimum absolute atomic E-state index is 0.0581. The predicted octanol–water partition coefficient (Wildman–Crippen LogP) is 1.69. The molecule has 0 amide bonds. The molecule has 0 spiro atoms. The van der Waals surface area contributed by atoms with E-state index < -0.39 is 10.0 Å². The van der Waals surface area contributed by atoms with Crippen LogP contribution in [0.5, 0.6) is 0 Å². The van der Waals surface area contributed by atoms with Gasteiger partial charge >= 0.3 is 0 Å². The van der Waals surface area contributed by atoms with Crippen LogP contribution in [0.25, 0.3) is 0 Å². The van der Waals surface area contributed by atoms with E-state index in [9.17, 15) is 8.42 Å². The summed E-state index contributed by atoms with van der Waals surface area (Å²) in [6.45, 7) is 4.54. The summed E-state index contributed by atoms with van der Waals surface area (Å²) in [5, 5.41) is 0.167. The second kappa shape index (κ2) is 6.51. The van der Waals surface area contributed by atoms with Crippen LogP contribution >= 0.6 is 11.6 Å². The molecule has 0 aromatic carbocycles. The van der Waals surface area contributed by atoms with E-state index in [4.69, 9.17) is 17.4 Å². The van der Waals surface area contributed by atoms with Gasteiger partial charge in [-0.1, -0.05) is 25.4 Å². The Labute approximate surface area is 119 Å². The molecule has 0 saturated heterocycles. The highest BCUT2D eigenvalue weighted by Crippen LogP contribution is 2.23. The van der Waals surface area contributed by atoms with Crippen LogP contribution in [0.2, 0.25) is 5.02 Å². The van der Waals surface area contributed by atoms with Gasteiger partial charge in [-0.25, -0.2) is 23.5 Å². The topological polar surface area (TPSA) is 88.3 Å². The summed E-state index contributed by atoms with van der Waals surface area (Å²) in [5.41, 5.74) is 2.29. The van der Waals surface area contributed by atoms with Crippen LogP contribution in [0, 0.1) is 5.92 Å². The highest BCUT2D eigenvalue weighted by atomic mass is 35.5. The minimum atomic E-state index is -3.56. The van der Waals surface area contributed by atoms with E-state index in [1.807, 2.05) is 13.8 Å². The van der Waals surface area contributed by atoms with E-state index in [0.29, 0.717) is 12.5 Å². The standard InChI is InChI=1S/C11H19ClN4O2S/c1-8(2)4-5-16(3)19(17,18)9-6-10(12)11(15-13)14-7-9/h6-8H,4-5,13H2,1-3H3,(H,14,15). The number of rotatable bonds is 6. The first-order valence-electron chi connectivity index (χ1n) is 5.87. The fourth-order valence-corrected chi connectivity index (χ4v) is 2.85. The van der Waals surface area contributed by atoms with Gasteiger partial charge in [0.15, 0.2) is 5.82 Å². The molecule has 0 saturated carbocycles. The van der Waals surface area contributed by atoms with Crippen molar-refractivity contribution < 1.29 is 8.42 Å². The zero-order valence-corrected chi connectivity index (χ0v) is 12.8. The molecule has 6 nitrogen and oxygen atoms in total. The van der Waals surface area contributed by atoms with E-state index in [2.05, 4.69) is 10.4 Å². The van der Waals surface area contributed by atoms with Crippen molar-refractivity contribution >= 4 is 27.4 Å². The molecule has 0 aliphatic heterocycles. The Morgan fingerprint density at radius 1 is 1.53 bits per heavy atom. The Kier molecular flexibility index (Phi) is 5.54. The van der Waals surface area contributed by atoms with Crippen LogP contribution in [0.1, 0.15) is 20.3 Å². The van der Waals surface area contributed by atoms with Crippen molar-refractivity contribution in [2.45, 2.75) is 25.2 Å². The van der Waals surface area contributed by atoms with Crippen molar-refractivity contribution in [2.75, 3.05) is 19.0 Å². The first-order valence-corrected chi connectivity index (χ1v) is 7.69. The Hall–Kier alpha value is -0.890.